The third-order valence-corrected chi connectivity index (χ3v) is 15.7. The van der Waals surface area contributed by atoms with Crippen LogP contribution in [0.1, 0.15) is 310 Å². The van der Waals surface area contributed by atoms with Crippen LogP contribution in [0.15, 0.2) is 48.6 Å². The van der Waals surface area contributed by atoms with Crippen LogP contribution in [0.3, 0.4) is 0 Å². The van der Waals surface area contributed by atoms with Gasteiger partial charge in [0.1, 0.15) is 24.4 Å². The first-order valence-electron chi connectivity index (χ1n) is 33.4. The highest BCUT2D eigenvalue weighted by atomic mass is 16.7. The topological polar surface area (TPSA) is 175 Å². The van der Waals surface area contributed by atoms with Crippen molar-refractivity contribution in [1.29, 1.82) is 0 Å². The minimum Gasteiger partial charge on any atom is -0.454 e. The molecule has 0 aromatic heterocycles. The number of carbonyl (C=O) groups is 2. The highest BCUT2D eigenvalue weighted by molar-refractivity contribution is 5.80. The molecular weight excluding hydrogens is 991 g/mol. The maximum absolute atomic E-state index is 13.4. The Balaban J connectivity index is 2.61. The molecule has 0 bridgehead atoms. The number of hydrogen-bond acceptors (Lipinski definition) is 10. The molecule has 1 aliphatic rings. The van der Waals surface area contributed by atoms with Crippen molar-refractivity contribution in [3.63, 3.8) is 0 Å². The zero-order valence-electron chi connectivity index (χ0n) is 51.2. The van der Waals surface area contributed by atoms with E-state index in [1.165, 1.54) is 180 Å². The number of rotatable bonds is 57. The fraction of sp³-hybridized carbons (Fsp3) is 0.853. The van der Waals surface area contributed by atoms with Crippen LogP contribution in [0.2, 0.25) is 0 Å². The lowest BCUT2D eigenvalue weighted by molar-refractivity contribution is -0.305. The van der Waals surface area contributed by atoms with Crippen LogP contribution in [0.25, 0.3) is 0 Å². The molecule has 1 saturated heterocycles. The van der Waals surface area contributed by atoms with E-state index in [-0.39, 0.29) is 19.4 Å². The summed E-state index contributed by atoms with van der Waals surface area (Å²) in [6, 6.07) is -1.03. The number of unbranched alkanes of at least 4 members (excludes halogenated alkanes) is 37. The van der Waals surface area contributed by atoms with Gasteiger partial charge in [0.15, 0.2) is 12.4 Å². The summed E-state index contributed by atoms with van der Waals surface area (Å²) in [5, 5.41) is 57.1. The molecule has 0 saturated carbocycles. The SMILES string of the molecule is CCCCC/C=C\C/C=C\C/C=C\CCCCCCCCCC(O)C(=O)NC(COC1OC(CO)C(O)C(O)C1OC(=O)CCCCCCCCCCCCCCCCCCCCC)C(O)/C=C/CCCCCCCCCCC. The standard InChI is InChI=1S/C68H125NO10/c1-4-7-10-13-16-19-22-24-26-28-30-32-33-35-37-40-43-46-49-52-55-61(72)67(76)69-59(60(71)54-51-48-45-42-39-21-18-15-12-9-6-3)58-77-68-66(65(75)64(74)62(57-70)78-68)79-63(73)56-53-50-47-44-41-38-36-34-31-29-27-25-23-20-17-14-11-8-5-2/h16,19,24,26,30,32,51,54,59-62,64-66,68,70-72,74-75H,4-15,17-18,20-23,25,27-29,31,33-50,52-53,55-58H2,1-3H3,(H,69,76)/b19-16-,26-24-,32-30-,54-51+. The second-order valence-corrected chi connectivity index (χ2v) is 23.2. The van der Waals surface area contributed by atoms with Crippen LogP contribution >= 0.6 is 0 Å². The van der Waals surface area contributed by atoms with Gasteiger partial charge in [0.2, 0.25) is 5.91 Å². The van der Waals surface area contributed by atoms with Crippen molar-refractivity contribution in [1.82, 2.24) is 5.32 Å². The van der Waals surface area contributed by atoms with Gasteiger partial charge in [-0.1, -0.05) is 288 Å². The summed E-state index contributed by atoms with van der Waals surface area (Å²) in [6.07, 6.45) is 58.6. The molecule has 1 heterocycles. The maximum atomic E-state index is 13.4. The van der Waals surface area contributed by atoms with Gasteiger partial charge in [0.05, 0.1) is 25.4 Å². The maximum Gasteiger partial charge on any atom is 0.306 e. The average Bonchev–Trinajstić information content (AvgIpc) is 3.45. The molecule has 1 fully saturated rings. The first-order valence-corrected chi connectivity index (χ1v) is 33.4. The number of aliphatic hydroxyl groups excluding tert-OH is 5. The Bertz CT molecular complexity index is 1470. The summed E-state index contributed by atoms with van der Waals surface area (Å²) in [5.41, 5.74) is 0. The Morgan fingerprint density at radius 1 is 0.494 bits per heavy atom. The largest absolute Gasteiger partial charge is 0.454 e. The van der Waals surface area contributed by atoms with Crippen molar-refractivity contribution in [2.45, 2.75) is 359 Å². The predicted octanol–water partition coefficient (Wildman–Crippen LogP) is 16.4. The molecule has 0 radical (unpaired) electrons. The van der Waals surface area contributed by atoms with Crippen molar-refractivity contribution < 1.29 is 49.3 Å². The van der Waals surface area contributed by atoms with E-state index >= 15 is 0 Å². The Labute approximate surface area is 485 Å². The quantitative estimate of drug-likeness (QED) is 0.0195. The second kappa shape index (κ2) is 56.1. The summed E-state index contributed by atoms with van der Waals surface area (Å²) in [7, 11) is 0. The highest BCUT2D eigenvalue weighted by Crippen LogP contribution is 2.26. The number of nitrogens with one attached hydrogen (secondary N) is 1. The van der Waals surface area contributed by atoms with Crippen LogP contribution in [-0.2, 0) is 23.8 Å². The van der Waals surface area contributed by atoms with Crippen LogP contribution in [0, 0.1) is 0 Å². The Kier molecular flexibility index (Phi) is 53.0. The zero-order valence-corrected chi connectivity index (χ0v) is 51.2. The van der Waals surface area contributed by atoms with Gasteiger partial charge in [-0.3, -0.25) is 9.59 Å². The van der Waals surface area contributed by atoms with E-state index in [1.807, 2.05) is 6.08 Å². The molecule has 0 aliphatic carbocycles. The molecule has 1 amide bonds. The lowest BCUT2D eigenvalue weighted by atomic mass is 9.99. The van der Waals surface area contributed by atoms with E-state index in [1.54, 1.807) is 6.08 Å². The number of amides is 1. The molecule has 0 aromatic carbocycles. The van der Waals surface area contributed by atoms with Gasteiger partial charge in [-0.25, -0.2) is 0 Å². The molecule has 11 nitrogen and oxygen atoms in total. The van der Waals surface area contributed by atoms with Gasteiger partial charge < -0.3 is 45.1 Å². The molecule has 11 heteroatoms. The fourth-order valence-corrected chi connectivity index (χ4v) is 10.4. The van der Waals surface area contributed by atoms with Crippen LogP contribution < -0.4 is 5.32 Å². The van der Waals surface area contributed by atoms with E-state index in [0.29, 0.717) is 12.8 Å². The van der Waals surface area contributed by atoms with Crippen molar-refractivity contribution in [2.75, 3.05) is 13.2 Å². The van der Waals surface area contributed by atoms with Gasteiger partial charge in [-0.05, 0) is 64.2 Å². The van der Waals surface area contributed by atoms with E-state index < -0.39 is 67.4 Å². The van der Waals surface area contributed by atoms with Gasteiger partial charge >= 0.3 is 5.97 Å². The molecule has 0 aromatic rings. The van der Waals surface area contributed by atoms with E-state index in [9.17, 15) is 35.1 Å². The lowest BCUT2D eigenvalue weighted by Crippen LogP contribution is -2.61. The Morgan fingerprint density at radius 3 is 1.33 bits per heavy atom. The van der Waals surface area contributed by atoms with Crippen molar-refractivity contribution in [2.24, 2.45) is 0 Å². The fourth-order valence-electron chi connectivity index (χ4n) is 10.4. The van der Waals surface area contributed by atoms with E-state index in [2.05, 4.69) is 62.5 Å². The molecule has 462 valence electrons. The van der Waals surface area contributed by atoms with Gasteiger partial charge in [-0.15, -0.1) is 0 Å². The smallest absolute Gasteiger partial charge is 0.306 e. The van der Waals surface area contributed by atoms with E-state index in [0.717, 1.165) is 83.5 Å². The van der Waals surface area contributed by atoms with Crippen LogP contribution in [0.5, 0.6) is 0 Å². The average molecular weight is 1120 g/mol. The molecule has 79 heavy (non-hydrogen) atoms. The number of hydrogen-bond donors (Lipinski definition) is 6. The van der Waals surface area contributed by atoms with Crippen LogP contribution in [-0.4, -0.2) is 99.6 Å². The van der Waals surface area contributed by atoms with Crippen LogP contribution in [0.4, 0.5) is 0 Å². The minimum atomic E-state index is -1.61. The predicted molar refractivity (Wildman–Crippen MR) is 329 cm³/mol. The first-order chi connectivity index (χ1) is 38.7. The lowest BCUT2D eigenvalue weighted by Gasteiger charge is -2.41. The van der Waals surface area contributed by atoms with Gasteiger partial charge in [0, 0.05) is 6.42 Å². The van der Waals surface area contributed by atoms with Gasteiger partial charge in [0.25, 0.3) is 0 Å². The normalized spacial score (nSPS) is 19.1. The molecule has 0 spiro atoms. The zero-order chi connectivity index (χ0) is 57.5. The molecule has 8 unspecified atom stereocenters. The molecule has 1 rings (SSSR count). The summed E-state index contributed by atoms with van der Waals surface area (Å²) in [5.74, 6) is -1.19. The number of aliphatic hydroxyl groups is 5. The van der Waals surface area contributed by atoms with Crippen molar-refractivity contribution in [3.8, 4) is 0 Å². The number of allylic oxidation sites excluding steroid dienone is 7. The first kappa shape index (κ1) is 74.6. The van der Waals surface area contributed by atoms with Crippen molar-refractivity contribution in [3.05, 3.63) is 48.6 Å². The molecule has 1 aliphatic heterocycles. The molecule has 6 N–H and O–H groups in total. The summed E-state index contributed by atoms with van der Waals surface area (Å²) < 4.78 is 17.7. The summed E-state index contributed by atoms with van der Waals surface area (Å²) in [6.45, 7) is 5.78. The summed E-state index contributed by atoms with van der Waals surface area (Å²) in [4.78, 5) is 26.6. The third-order valence-electron chi connectivity index (χ3n) is 15.7. The monoisotopic (exact) mass is 1120 g/mol. The Hall–Kier alpha value is -2.38. The molecule has 8 atom stereocenters. The van der Waals surface area contributed by atoms with Crippen molar-refractivity contribution >= 4 is 11.9 Å². The van der Waals surface area contributed by atoms with E-state index in [4.69, 9.17) is 14.2 Å². The molecular formula is C68H125NO10. The summed E-state index contributed by atoms with van der Waals surface area (Å²) >= 11 is 0. The number of ether oxygens (including phenoxy) is 3. The third kappa shape index (κ3) is 43.9. The van der Waals surface area contributed by atoms with Gasteiger partial charge in [-0.2, -0.15) is 0 Å². The Morgan fingerprint density at radius 2 is 0.873 bits per heavy atom. The second-order valence-electron chi connectivity index (χ2n) is 23.2. The highest BCUT2D eigenvalue weighted by Gasteiger charge is 2.47. The number of esters is 1. The number of carbonyl (C=O) groups excluding carboxylic acids is 2. The minimum absolute atomic E-state index is 0.127.